The molecule has 0 amide bonds. The second-order valence-corrected chi connectivity index (χ2v) is 9.39. The molecule has 0 saturated heterocycles. The molecule has 8 heteroatoms. The van der Waals surface area contributed by atoms with E-state index in [1.54, 1.807) is 36.5 Å². The summed E-state index contributed by atoms with van der Waals surface area (Å²) in [7, 11) is 0. The lowest BCUT2D eigenvalue weighted by atomic mass is 10.1. The minimum atomic E-state index is -0.254. The van der Waals surface area contributed by atoms with Crippen LogP contribution in [-0.2, 0) is 6.61 Å². The van der Waals surface area contributed by atoms with E-state index in [4.69, 9.17) is 21.3 Å². The number of ether oxygens (including phenoxy) is 1. The molecule has 0 radical (unpaired) electrons. The quantitative estimate of drug-likeness (QED) is 0.241. The van der Waals surface area contributed by atoms with Gasteiger partial charge >= 0.3 is 0 Å². The summed E-state index contributed by atoms with van der Waals surface area (Å²) in [6, 6.07) is 20.0. The Morgan fingerprint density at radius 1 is 1.23 bits per heavy atom. The van der Waals surface area contributed by atoms with Crippen molar-refractivity contribution in [2.75, 3.05) is 0 Å². The highest BCUT2D eigenvalue weighted by molar-refractivity contribution is 9.10. The first-order valence-electron chi connectivity index (χ1n) is 11.1. The number of rotatable bonds is 7. The molecular weight excluding hydrogens is 528 g/mol. The van der Waals surface area contributed by atoms with E-state index >= 15 is 0 Å². The van der Waals surface area contributed by atoms with Crippen LogP contribution in [0.4, 0.5) is 0 Å². The maximum absolute atomic E-state index is 13.4. The smallest absolute Gasteiger partial charge is 0.282 e. The highest BCUT2D eigenvalue weighted by Crippen LogP contribution is 2.24. The predicted molar refractivity (Wildman–Crippen MR) is 142 cm³/mol. The molecule has 0 aliphatic heterocycles. The van der Waals surface area contributed by atoms with Gasteiger partial charge < -0.3 is 4.74 Å². The van der Waals surface area contributed by atoms with Crippen LogP contribution in [-0.4, -0.2) is 15.9 Å². The molecule has 0 aliphatic rings. The molecule has 6 nitrogen and oxygen atoms in total. The maximum Gasteiger partial charge on any atom is 0.282 e. The molecule has 0 N–H and O–H groups in total. The molecular formula is C27H22BrClN4O2. The number of nitriles is 1. The monoisotopic (exact) mass is 548 g/mol. The fraction of sp³-hybridized carbons (Fsp3) is 0.185. The third-order valence-corrected chi connectivity index (χ3v) is 6.42. The molecule has 0 fully saturated rings. The van der Waals surface area contributed by atoms with Crippen molar-refractivity contribution >= 4 is 44.6 Å². The number of fused-ring (bicyclic) bond motifs is 1. The summed E-state index contributed by atoms with van der Waals surface area (Å²) in [5.41, 5.74) is 2.30. The Morgan fingerprint density at radius 2 is 2.03 bits per heavy atom. The molecule has 176 valence electrons. The van der Waals surface area contributed by atoms with Gasteiger partial charge in [0.15, 0.2) is 0 Å². The molecule has 0 spiro atoms. The van der Waals surface area contributed by atoms with Crippen LogP contribution in [0.5, 0.6) is 5.75 Å². The minimum absolute atomic E-state index is 0.0189. The first-order chi connectivity index (χ1) is 16.9. The lowest BCUT2D eigenvalue weighted by molar-refractivity contribution is 0.305. The molecule has 4 aromatic rings. The minimum Gasteiger partial charge on any atom is -0.488 e. The second-order valence-electron chi connectivity index (χ2n) is 8.04. The number of hydrogen-bond acceptors (Lipinski definition) is 5. The number of benzene rings is 3. The van der Waals surface area contributed by atoms with Gasteiger partial charge in [-0.15, -0.1) is 0 Å². The van der Waals surface area contributed by atoms with Gasteiger partial charge in [0.05, 0.1) is 28.8 Å². The van der Waals surface area contributed by atoms with E-state index in [1.165, 1.54) is 4.68 Å². The Kier molecular flexibility index (Phi) is 7.64. The standard InChI is InChI=1S/C27H22BrClN4O2/c1-3-17(2)26-32-24-10-8-21(28)13-23(24)27(34)33(26)31-15-20-12-22(29)9-11-25(20)35-16-19-7-5-4-6-18(19)14-30/h4-13,15,17H,3,16H2,1-2H3/t17-/m0/s1. The summed E-state index contributed by atoms with van der Waals surface area (Å²) < 4.78 is 8.15. The molecule has 4 rings (SSSR count). The molecule has 0 unspecified atom stereocenters. The summed E-state index contributed by atoms with van der Waals surface area (Å²) in [5, 5.41) is 14.8. The summed E-state index contributed by atoms with van der Waals surface area (Å²) in [6.45, 7) is 4.26. The van der Waals surface area contributed by atoms with Crippen LogP contribution in [0.2, 0.25) is 5.02 Å². The van der Waals surface area contributed by atoms with Gasteiger partial charge in [-0.25, -0.2) is 4.98 Å². The van der Waals surface area contributed by atoms with Crippen LogP contribution in [0.1, 0.15) is 48.7 Å². The summed E-state index contributed by atoms with van der Waals surface area (Å²) in [6.07, 6.45) is 2.35. The normalized spacial score (nSPS) is 12.1. The molecule has 1 atom stereocenters. The van der Waals surface area contributed by atoms with Gasteiger partial charge in [-0.1, -0.05) is 59.6 Å². The SMILES string of the molecule is CC[C@H](C)c1nc2ccc(Br)cc2c(=O)n1N=Cc1cc(Cl)ccc1OCc1ccccc1C#N. The van der Waals surface area contributed by atoms with E-state index in [2.05, 4.69) is 27.1 Å². The second kappa shape index (κ2) is 10.9. The Morgan fingerprint density at radius 3 is 2.80 bits per heavy atom. The van der Waals surface area contributed by atoms with E-state index in [0.29, 0.717) is 38.6 Å². The zero-order chi connectivity index (χ0) is 24.9. The van der Waals surface area contributed by atoms with E-state index in [1.807, 2.05) is 44.2 Å². The maximum atomic E-state index is 13.4. The van der Waals surface area contributed by atoms with E-state index in [9.17, 15) is 10.1 Å². The molecule has 0 bridgehead atoms. The summed E-state index contributed by atoms with van der Waals surface area (Å²) >= 11 is 9.67. The van der Waals surface area contributed by atoms with Crippen molar-refractivity contribution < 1.29 is 4.74 Å². The van der Waals surface area contributed by atoms with Crippen molar-refractivity contribution in [3.05, 3.63) is 103 Å². The average Bonchev–Trinajstić information content (AvgIpc) is 2.87. The van der Waals surface area contributed by atoms with Crippen molar-refractivity contribution in [3.63, 3.8) is 0 Å². The van der Waals surface area contributed by atoms with Gasteiger partial charge in [0.2, 0.25) is 0 Å². The fourth-order valence-corrected chi connectivity index (χ4v) is 4.10. The van der Waals surface area contributed by atoms with Crippen LogP contribution in [0, 0.1) is 11.3 Å². The third-order valence-electron chi connectivity index (χ3n) is 5.69. The van der Waals surface area contributed by atoms with E-state index in [-0.39, 0.29) is 18.1 Å². The van der Waals surface area contributed by atoms with Crippen molar-refractivity contribution in [1.82, 2.24) is 9.66 Å². The molecule has 0 aliphatic carbocycles. The van der Waals surface area contributed by atoms with Gasteiger partial charge in [-0.3, -0.25) is 4.79 Å². The van der Waals surface area contributed by atoms with Gasteiger partial charge in [0.25, 0.3) is 5.56 Å². The van der Waals surface area contributed by atoms with Crippen molar-refractivity contribution in [2.24, 2.45) is 5.10 Å². The molecule has 3 aromatic carbocycles. The lowest BCUT2D eigenvalue weighted by Crippen LogP contribution is -2.23. The van der Waals surface area contributed by atoms with Crippen LogP contribution >= 0.6 is 27.5 Å². The third kappa shape index (κ3) is 5.45. The Bertz CT molecular complexity index is 1520. The highest BCUT2D eigenvalue weighted by Gasteiger charge is 2.16. The number of halogens is 2. The molecule has 1 aromatic heterocycles. The van der Waals surface area contributed by atoms with Crippen molar-refractivity contribution in [1.29, 1.82) is 5.26 Å². The Labute approximate surface area is 216 Å². The molecule has 35 heavy (non-hydrogen) atoms. The Balaban J connectivity index is 1.75. The van der Waals surface area contributed by atoms with Crippen LogP contribution in [0.25, 0.3) is 10.9 Å². The molecule has 1 heterocycles. The van der Waals surface area contributed by atoms with Crippen LogP contribution < -0.4 is 10.3 Å². The zero-order valence-electron chi connectivity index (χ0n) is 19.2. The first-order valence-corrected chi connectivity index (χ1v) is 12.2. The largest absolute Gasteiger partial charge is 0.488 e. The van der Waals surface area contributed by atoms with Crippen molar-refractivity contribution in [3.8, 4) is 11.8 Å². The number of nitrogens with zero attached hydrogens (tertiary/aromatic N) is 4. The van der Waals surface area contributed by atoms with Gasteiger partial charge in [0.1, 0.15) is 18.2 Å². The fourth-order valence-electron chi connectivity index (χ4n) is 3.56. The summed E-state index contributed by atoms with van der Waals surface area (Å²) in [4.78, 5) is 18.1. The topological polar surface area (TPSA) is 80.3 Å². The van der Waals surface area contributed by atoms with Gasteiger partial charge in [0, 0.05) is 26.5 Å². The summed E-state index contributed by atoms with van der Waals surface area (Å²) in [5.74, 6) is 1.13. The van der Waals surface area contributed by atoms with E-state index < -0.39 is 0 Å². The zero-order valence-corrected chi connectivity index (χ0v) is 21.5. The molecule has 0 saturated carbocycles. The highest BCUT2D eigenvalue weighted by atomic mass is 79.9. The lowest BCUT2D eigenvalue weighted by Gasteiger charge is -2.14. The number of aromatic nitrogens is 2. The Hall–Kier alpha value is -3.47. The van der Waals surface area contributed by atoms with Gasteiger partial charge in [-0.2, -0.15) is 15.0 Å². The van der Waals surface area contributed by atoms with Crippen LogP contribution in [0.3, 0.4) is 0 Å². The number of hydrogen-bond donors (Lipinski definition) is 0. The van der Waals surface area contributed by atoms with Crippen LogP contribution in [0.15, 0.2) is 75.0 Å². The van der Waals surface area contributed by atoms with Gasteiger partial charge in [-0.05, 0) is 48.9 Å². The first kappa shape index (κ1) is 24.6. The predicted octanol–water partition coefficient (Wildman–Crippen LogP) is 6.66. The van der Waals surface area contributed by atoms with Crippen molar-refractivity contribution in [2.45, 2.75) is 32.8 Å². The van der Waals surface area contributed by atoms with E-state index in [0.717, 1.165) is 16.5 Å². The average molecular weight is 550 g/mol.